The van der Waals surface area contributed by atoms with E-state index in [1.165, 1.54) is 18.3 Å². The van der Waals surface area contributed by atoms with Crippen LogP contribution in [0.1, 0.15) is 38.7 Å². The second-order valence-electron chi connectivity index (χ2n) is 7.10. The maximum Gasteiger partial charge on any atom is 0.240 e. The molecule has 1 aromatic carbocycles. The summed E-state index contributed by atoms with van der Waals surface area (Å²) in [5, 5.41) is 22.2. The van der Waals surface area contributed by atoms with E-state index >= 15 is 0 Å². The molecule has 0 saturated heterocycles. The van der Waals surface area contributed by atoms with Crippen molar-refractivity contribution < 1.29 is 18.3 Å². The predicted molar refractivity (Wildman–Crippen MR) is 106 cm³/mol. The van der Waals surface area contributed by atoms with Crippen molar-refractivity contribution in [3.8, 4) is 11.9 Å². The van der Waals surface area contributed by atoms with E-state index in [2.05, 4.69) is 20.0 Å². The second-order valence-corrected chi connectivity index (χ2v) is 8.82. The maximum absolute atomic E-state index is 12.2. The molecule has 29 heavy (non-hydrogen) atoms. The summed E-state index contributed by atoms with van der Waals surface area (Å²) < 4.78 is 32.6. The molecule has 154 valence electrons. The van der Waals surface area contributed by atoms with Crippen LogP contribution in [0.25, 0.3) is 0 Å². The maximum atomic E-state index is 12.2. The minimum atomic E-state index is -3.57. The summed E-state index contributed by atoms with van der Waals surface area (Å²) >= 11 is 0. The molecular weight excluding hydrogens is 394 g/mol. The number of nitrogens with zero attached hydrogens (tertiary/aromatic N) is 3. The van der Waals surface area contributed by atoms with E-state index in [0.29, 0.717) is 18.5 Å². The van der Waals surface area contributed by atoms with Crippen molar-refractivity contribution in [3.05, 3.63) is 36.0 Å². The minimum absolute atomic E-state index is 0.108. The number of anilines is 2. The summed E-state index contributed by atoms with van der Waals surface area (Å²) in [6.07, 6.45) is 2.56. The van der Waals surface area contributed by atoms with Gasteiger partial charge in [0.15, 0.2) is 0 Å². The first-order chi connectivity index (χ1) is 13.8. The van der Waals surface area contributed by atoms with Crippen molar-refractivity contribution >= 4 is 21.7 Å². The number of benzene rings is 1. The molecule has 0 radical (unpaired) electrons. The molecule has 2 atom stereocenters. The molecular formula is C19H23N5O4S. The highest BCUT2D eigenvalue weighted by Crippen LogP contribution is 2.26. The fraction of sp³-hybridized carbons (Fsp3) is 0.421. The topological polar surface area (TPSA) is 137 Å². The van der Waals surface area contributed by atoms with Crippen LogP contribution in [0, 0.1) is 11.3 Å². The molecule has 0 spiro atoms. The van der Waals surface area contributed by atoms with E-state index in [1.807, 2.05) is 6.07 Å². The van der Waals surface area contributed by atoms with Gasteiger partial charge in [0.25, 0.3) is 0 Å². The van der Waals surface area contributed by atoms with Crippen molar-refractivity contribution in [2.45, 2.75) is 56.3 Å². The zero-order valence-electron chi connectivity index (χ0n) is 16.2. The average molecular weight is 417 g/mol. The standard InChI is InChI=1S/C19H23N5O4S/c1-12(2)24-29(26,27)15-8-6-14(7-9-15)22-19-21-11-13(10-20)18(23-19)28-17-5-3-4-16(17)25/h6-9,11-12,16-17,24-25H,3-5H2,1-2H3,(H,21,22,23)/t16-,17+/m1/s1. The van der Waals surface area contributed by atoms with E-state index < -0.39 is 22.2 Å². The zero-order chi connectivity index (χ0) is 21.0. The molecule has 3 rings (SSSR count). The molecule has 2 aromatic rings. The molecule has 1 aliphatic carbocycles. The van der Waals surface area contributed by atoms with Gasteiger partial charge in [-0.1, -0.05) is 0 Å². The van der Waals surface area contributed by atoms with Gasteiger partial charge in [0.1, 0.15) is 17.7 Å². The number of aliphatic hydroxyl groups is 1. The zero-order valence-corrected chi connectivity index (χ0v) is 17.0. The Morgan fingerprint density at radius 3 is 2.59 bits per heavy atom. The van der Waals surface area contributed by atoms with Gasteiger partial charge in [-0.05, 0) is 57.4 Å². The van der Waals surface area contributed by atoms with Gasteiger partial charge in [-0.3, -0.25) is 0 Å². The number of rotatable bonds is 7. The molecule has 10 heteroatoms. The lowest BCUT2D eigenvalue weighted by molar-refractivity contribution is 0.0572. The minimum Gasteiger partial charge on any atom is -0.471 e. The van der Waals surface area contributed by atoms with Crippen molar-refractivity contribution in [1.82, 2.24) is 14.7 Å². The Balaban J connectivity index is 1.76. The summed E-state index contributed by atoms with van der Waals surface area (Å²) in [6.45, 7) is 3.50. The van der Waals surface area contributed by atoms with Gasteiger partial charge in [0.2, 0.25) is 21.9 Å². The van der Waals surface area contributed by atoms with Crippen LogP contribution in [-0.2, 0) is 10.0 Å². The monoisotopic (exact) mass is 417 g/mol. The van der Waals surface area contributed by atoms with Crippen molar-refractivity contribution in [1.29, 1.82) is 5.26 Å². The number of sulfonamides is 1. The molecule has 1 aromatic heterocycles. The highest BCUT2D eigenvalue weighted by atomic mass is 32.2. The third kappa shape index (κ3) is 5.20. The average Bonchev–Trinajstić information content (AvgIpc) is 3.06. The molecule has 0 aliphatic heterocycles. The molecule has 0 unspecified atom stereocenters. The van der Waals surface area contributed by atoms with Crippen LogP contribution in [0.3, 0.4) is 0 Å². The molecule has 0 amide bonds. The lowest BCUT2D eigenvalue weighted by Gasteiger charge is -2.17. The van der Waals surface area contributed by atoms with Gasteiger partial charge in [0, 0.05) is 11.7 Å². The van der Waals surface area contributed by atoms with Gasteiger partial charge in [-0.2, -0.15) is 10.2 Å². The third-order valence-corrected chi connectivity index (χ3v) is 6.04. The van der Waals surface area contributed by atoms with E-state index in [-0.39, 0.29) is 28.3 Å². The number of nitriles is 1. The molecule has 0 bridgehead atoms. The first kappa shape index (κ1) is 21.0. The van der Waals surface area contributed by atoms with Crippen LogP contribution in [0.5, 0.6) is 5.88 Å². The quantitative estimate of drug-likeness (QED) is 0.622. The SMILES string of the molecule is CC(C)NS(=O)(=O)c1ccc(Nc2ncc(C#N)c(O[C@H]3CCC[C@H]3O)n2)cc1. The largest absolute Gasteiger partial charge is 0.471 e. The lowest BCUT2D eigenvalue weighted by Crippen LogP contribution is -2.30. The van der Waals surface area contributed by atoms with Crippen LogP contribution in [0.4, 0.5) is 11.6 Å². The third-order valence-electron chi connectivity index (χ3n) is 4.37. The summed E-state index contributed by atoms with van der Waals surface area (Å²) in [5.41, 5.74) is 0.751. The summed E-state index contributed by atoms with van der Waals surface area (Å²) in [7, 11) is -3.57. The smallest absolute Gasteiger partial charge is 0.240 e. The van der Waals surface area contributed by atoms with Gasteiger partial charge in [-0.15, -0.1) is 0 Å². The second kappa shape index (κ2) is 8.73. The van der Waals surface area contributed by atoms with Gasteiger partial charge < -0.3 is 15.2 Å². The predicted octanol–water partition coefficient (Wildman–Crippen LogP) is 2.07. The van der Waals surface area contributed by atoms with Crippen molar-refractivity contribution in [3.63, 3.8) is 0 Å². The number of hydrogen-bond donors (Lipinski definition) is 3. The summed E-state index contributed by atoms with van der Waals surface area (Å²) in [6, 6.07) is 7.92. The molecule has 3 N–H and O–H groups in total. The first-order valence-electron chi connectivity index (χ1n) is 9.30. The highest BCUT2D eigenvalue weighted by molar-refractivity contribution is 7.89. The molecule has 1 aliphatic rings. The van der Waals surface area contributed by atoms with Crippen LogP contribution < -0.4 is 14.8 Å². The number of hydrogen-bond acceptors (Lipinski definition) is 8. The Morgan fingerprint density at radius 1 is 1.28 bits per heavy atom. The molecule has 1 fully saturated rings. The number of nitrogens with one attached hydrogen (secondary N) is 2. The first-order valence-corrected chi connectivity index (χ1v) is 10.8. The fourth-order valence-corrected chi connectivity index (χ4v) is 4.26. The normalized spacial score (nSPS) is 19.1. The molecule has 1 saturated carbocycles. The van der Waals surface area contributed by atoms with E-state index in [0.717, 1.165) is 6.42 Å². The van der Waals surface area contributed by atoms with Crippen LogP contribution >= 0.6 is 0 Å². The van der Waals surface area contributed by atoms with Gasteiger partial charge >= 0.3 is 0 Å². The Morgan fingerprint density at radius 2 is 2.00 bits per heavy atom. The summed E-state index contributed by atoms with van der Waals surface area (Å²) in [5.74, 6) is 0.304. The number of ether oxygens (including phenoxy) is 1. The van der Waals surface area contributed by atoms with Crippen LogP contribution in [0.2, 0.25) is 0 Å². The lowest BCUT2D eigenvalue weighted by atomic mass is 10.2. The van der Waals surface area contributed by atoms with Crippen LogP contribution in [0.15, 0.2) is 35.4 Å². The Hall–Kier alpha value is -2.74. The Bertz CT molecular complexity index is 1000. The van der Waals surface area contributed by atoms with Crippen molar-refractivity contribution in [2.24, 2.45) is 0 Å². The summed E-state index contributed by atoms with van der Waals surface area (Å²) in [4.78, 5) is 8.48. The highest BCUT2D eigenvalue weighted by Gasteiger charge is 2.28. The number of aromatic nitrogens is 2. The van der Waals surface area contributed by atoms with E-state index in [4.69, 9.17) is 4.74 Å². The molecule has 9 nitrogen and oxygen atoms in total. The molecule has 1 heterocycles. The van der Waals surface area contributed by atoms with Crippen molar-refractivity contribution in [2.75, 3.05) is 5.32 Å². The van der Waals surface area contributed by atoms with Gasteiger partial charge in [0.05, 0.1) is 17.2 Å². The fourth-order valence-electron chi connectivity index (χ4n) is 3.01. The van der Waals surface area contributed by atoms with E-state index in [1.54, 1.807) is 26.0 Å². The Kier molecular flexibility index (Phi) is 6.32. The Labute approximate surface area is 169 Å². The van der Waals surface area contributed by atoms with Gasteiger partial charge in [-0.25, -0.2) is 18.1 Å². The number of aliphatic hydroxyl groups excluding tert-OH is 1. The van der Waals surface area contributed by atoms with E-state index in [9.17, 15) is 18.8 Å². The van der Waals surface area contributed by atoms with Crippen LogP contribution in [-0.4, -0.2) is 41.7 Å².